The van der Waals surface area contributed by atoms with Gasteiger partial charge in [0.05, 0.1) is 18.5 Å². The lowest BCUT2D eigenvalue weighted by molar-refractivity contribution is 0.276. The molecule has 0 bridgehead atoms. The van der Waals surface area contributed by atoms with E-state index in [9.17, 15) is 0 Å². The molecule has 0 fully saturated rings. The molecule has 5 heteroatoms. The van der Waals surface area contributed by atoms with Crippen molar-refractivity contribution in [2.75, 3.05) is 0 Å². The van der Waals surface area contributed by atoms with Crippen LogP contribution in [0.4, 0.5) is 0 Å². The van der Waals surface area contributed by atoms with Crippen LogP contribution in [0.25, 0.3) is 5.69 Å². The van der Waals surface area contributed by atoms with Gasteiger partial charge >= 0.3 is 0 Å². The second kappa shape index (κ2) is 4.12. The van der Waals surface area contributed by atoms with Crippen LogP contribution >= 0.6 is 15.9 Å². The van der Waals surface area contributed by atoms with E-state index >= 15 is 0 Å². The van der Waals surface area contributed by atoms with E-state index in [2.05, 4.69) is 26.2 Å². The maximum Gasteiger partial charge on any atom is 0.109 e. The van der Waals surface area contributed by atoms with Crippen LogP contribution in [0.1, 0.15) is 11.3 Å². The van der Waals surface area contributed by atoms with E-state index in [-0.39, 0.29) is 6.61 Å². The van der Waals surface area contributed by atoms with Gasteiger partial charge < -0.3 is 5.11 Å². The highest BCUT2D eigenvalue weighted by Crippen LogP contribution is 2.18. The Balaban J connectivity index is 2.44. The first kappa shape index (κ1) is 10.3. The molecule has 0 saturated heterocycles. The molecular formula is C10H10BrN3O. The van der Waals surface area contributed by atoms with Crippen LogP contribution < -0.4 is 0 Å². The Morgan fingerprint density at radius 3 is 2.87 bits per heavy atom. The molecule has 0 spiro atoms. The second-order valence-corrected chi connectivity index (χ2v) is 4.16. The molecule has 0 atom stereocenters. The molecule has 15 heavy (non-hydrogen) atoms. The molecule has 0 unspecified atom stereocenters. The molecule has 2 rings (SSSR count). The Morgan fingerprint density at radius 1 is 1.47 bits per heavy atom. The third-order valence-corrected chi connectivity index (χ3v) is 2.60. The number of hydrogen-bond donors (Lipinski definition) is 1. The van der Waals surface area contributed by atoms with Gasteiger partial charge in [-0.3, -0.25) is 0 Å². The maximum absolute atomic E-state index is 8.89. The van der Waals surface area contributed by atoms with Crippen molar-refractivity contribution in [3.8, 4) is 5.69 Å². The van der Waals surface area contributed by atoms with Gasteiger partial charge in [0.15, 0.2) is 0 Å². The van der Waals surface area contributed by atoms with Gasteiger partial charge in [-0.05, 0) is 30.7 Å². The van der Waals surface area contributed by atoms with Crippen molar-refractivity contribution in [2.45, 2.75) is 13.5 Å². The third kappa shape index (κ3) is 2.08. The van der Waals surface area contributed by atoms with Crippen LogP contribution in [0.2, 0.25) is 0 Å². The van der Waals surface area contributed by atoms with Gasteiger partial charge in [-0.25, -0.2) is 4.68 Å². The van der Waals surface area contributed by atoms with E-state index in [0.717, 1.165) is 15.7 Å². The highest BCUT2D eigenvalue weighted by Gasteiger charge is 2.04. The first-order valence-electron chi connectivity index (χ1n) is 4.49. The zero-order valence-electron chi connectivity index (χ0n) is 8.18. The van der Waals surface area contributed by atoms with E-state index in [1.807, 2.05) is 25.1 Å². The molecule has 4 nitrogen and oxygen atoms in total. The van der Waals surface area contributed by atoms with Gasteiger partial charge in [0.2, 0.25) is 0 Å². The average molecular weight is 268 g/mol. The summed E-state index contributed by atoms with van der Waals surface area (Å²) in [5, 5.41) is 16.7. The number of aromatic nitrogens is 3. The maximum atomic E-state index is 8.89. The second-order valence-electron chi connectivity index (χ2n) is 3.24. The van der Waals surface area contributed by atoms with Gasteiger partial charge in [0, 0.05) is 4.47 Å². The summed E-state index contributed by atoms with van der Waals surface area (Å²) in [4.78, 5) is 0. The predicted octanol–water partition coefficient (Wildman–Crippen LogP) is 1.83. The van der Waals surface area contributed by atoms with E-state index in [4.69, 9.17) is 5.11 Å². The van der Waals surface area contributed by atoms with E-state index < -0.39 is 0 Å². The summed E-state index contributed by atoms with van der Waals surface area (Å²) in [5.41, 5.74) is 2.63. The van der Waals surface area contributed by atoms with Crippen molar-refractivity contribution in [3.05, 3.63) is 40.1 Å². The molecule has 1 aromatic heterocycles. The minimum absolute atomic E-state index is 0.0877. The Labute approximate surface area is 95.7 Å². The summed E-state index contributed by atoms with van der Waals surface area (Å²) >= 11 is 3.40. The van der Waals surface area contributed by atoms with Gasteiger partial charge in [-0.1, -0.05) is 21.1 Å². The number of rotatable bonds is 2. The minimum Gasteiger partial charge on any atom is -0.390 e. The highest BCUT2D eigenvalue weighted by molar-refractivity contribution is 9.10. The Bertz CT molecular complexity index is 481. The smallest absolute Gasteiger partial charge is 0.109 e. The molecule has 1 heterocycles. The van der Waals surface area contributed by atoms with Crippen molar-refractivity contribution in [3.63, 3.8) is 0 Å². The van der Waals surface area contributed by atoms with Crippen molar-refractivity contribution in [2.24, 2.45) is 0 Å². The van der Waals surface area contributed by atoms with Crippen LogP contribution in [0.3, 0.4) is 0 Å². The van der Waals surface area contributed by atoms with Crippen LogP contribution in [-0.4, -0.2) is 20.1 Å². The molecule has 0 aliphatic rings. The molecule has 2 aromatic rings. The monoisotopic (exact) mass is 267 g/mol. The zero-order chi connectivity index (χ0) is 10.8. The molecule has 0 aliphatic carbocycles. The number of aliphatic hydroxyl groups is 1. The molecule has 0 amide bonds. The normalized spacial score (nSPS) is 10.6. The van der Waals surface area contributed by atoms with Crippen molar-refractivity contribution >= 4 is 15.9 Å². The fourth-order valence-corrected chi connectivity index (χ4v) is 1.84. The Kier molecular flexibility index (Phi) is 2.83. The van der Waals surface area contributed by atoms with Gasteiger partial charge in [0.25, 0.3) is 0 Å². The standard InChI is InChI=1S/C10H10BrN3O/c1-7-4-8(11)2-3-10(7)14-5-9(6-15)12-13-14/h2-5,15H,6H2,1H3. The average Bonchev–Trinajstić information content (AvgIpc) is 2.66. The first-order chi connectivity index (χ1) is 7.20. The minimum atomic E-state index is -0.0877. The molecule has 1 N–H and O–H groups in total. The van der Waals surface area contributed by atoms with Gasteiger partial charge in [-0.15, -0.1) is 5.10 Å². The molecule has 1 aromatic carbocycles. The topological polar surface area (TPSA) is 50.9 Å². The summed E-state index contributed by atoms with van der Waals surface area (Å²) in [7, 11) is 0. The summed E-state index contributed by atoms with van der Waals surface area (Å²) in [6, 6.07) is 5.91. The van der Waals surface area contributed by atoms with E-state index in [1.165, 1.54) is 0 Å². The fraction of sp³-hybridized carbons (Fsp3) is 0.200. The summed E-state index contributed by atoms with van der Waals surface area (Å²) in [6.45, 7) is 1.91. The molecule has 0 radical (unpaired) electrons. The lowest BCUT2D eigenvalue weighted by Crippen LogP contribution is -1.97. The third-order valence-electron chi connectivity index (χ3n) is 2.11. The first-order valence-corrected chi connectivity index (χ1v) is 5.28. The number of aryl methyl sites for hydroxylation is 1. The van der Waals surface area contributed by atoms with Crippen LogP contribution in [0.5, 0.6) is 0 Å². The SMILES string of the molecule is Cc1cc(Br)ccc1-n1cc(CO)nn1. The number of aliphatic hydroxyl groups excluding tert-OH is 1. The number of hydrogen-bond acceptors (Lipinski definition) is 3. The zero-order valence-corrected chi connectivity index (χ0v) is 9.77. The molecule has 78 valence electrons. The molecule has 0 saturated carbocycles. The van der Waals surface area contributed by atoms with E-state index in [1.54, 1.807) is 10.9 Å². The quantitative estimate of drug-likeness (QED) is 0.904. The molecular weight excluding hydrogens is 258 g/mol. The van der Waals surface area contributed by atoms with Crippen LogP contribution in [0, 0.1) is 6.92 Å². The van der Waals surface area contributed by atoms with Crippen molar-refractivity contribution in [1.29, 1.82) is 0 Å². The van der Waals surface area contributed by atoms with Gasteiger partial charge in [-0.2, -0.15) is 0 Å². The lowest BCUT2D eigenvalue weighted by atomic mass is 10.2. The van der Waals surface area contributed by atoms with E-state index in [0.29, 0.717) is 5.69 Å². The van der Waals surface area contributed by atoms with Crippen LogP contribution in [-0.2, 0) is 6.61 Å². The summed E-state index contributed by atoms with van der Waals surface area (Å²) in [6.07, 6.45) is 1.72. The number of benzene rings is 1. The predicted molar refractivity (Wildman–Crippen MR) is 59.7 cm³/mol. The summed E-state index contributed by atoms with van der Waals surface area (Å²) < 4.78 is 2.69. The fourth-order valence-electron chi connectivity index (χ4n) is 1.36. The van der Waals surface area contributed by atoms with Gasteiger partial charge in [0.1, 0.15) is 5.69 Å². The number of halogens is 1. The Morgan fingerprint density at radius 2 is 2.27 bits per heavy atom. The largest absolute Gasteiger partial charge is 0.390 e. The highest BCUT2D eigenvalue weighted by atomic mass is 79.9. The summed E-state index contributed by atoms with van der Waals surface area (Å²) in [5.74, 6) is 0. The van der Waals surface area contributed by atoms with Crippen molar-refractivity contribution in [1.82, 2.24) is 15.0 Å². The number of nitrogens with zero attached hydrogens (tertiary/aromatic N) is 3. The molecule has 0 aliphatic heterocycles. The van der Waals surface area contributed by atoms with Crippen LogP contribution in [0.15, 0.2) is 28.9 Å². The van der Waals surface area contributed by atoms with Crippen molar-refractivity contribution < 1.29 is 5.11 Å². The lowest BCUT2D eigenvalue weighted by Gasteiger charge is -2.04. The Hall–Kier alpha value is -1.20.